The third kappa shape index (κ3) is 3.25. The summed E-state index contributed by atoms with van der Waals surface area (Å²) in [5.74, 6) is -3.51. The largest absolute Gasteiger partial charge is 0.481 e. The number of aliphatic carboxylic acids is 2. The van der Waals surface area contributed by atoms with Gasteiger partial charge in [-0.2, -0.15) is 0 Å². The van der Waals surface area contributed by atoms with Crippen molar-refractivity contribution in [1.29, 1.82) is 0 Å². The molecule has 2 aromatic carbocycles. The lowest BCUT2D eigenvalue weighted by atomic mass is 9.90. The van der Waals surface area contributed by atoms with E-state index < -0.39 is 23.9 Å². The Morgan fingerprint density at radius 2 is 1.36 bits per heavy atom. The Kier molecular flexibility index (Phi) is 4.78. The molecule has 0 fully saturated rings. The molecule has 2 atom stereocenters. The van der Waals surface area contributed by atoms with Crippen LogP contribution in [0.5, 0.6) is 0 Å². The van der Waals surface area contributed by atoms with E-state index in [9.17, 15) is 19.8 Å². The minimum absolute atomic E-state index is 0.463. The van der Waals surface area contributed by atoms with Gasteiger partial charge in [-0.1, -0.05) is 48.5 Å². The van der Waals surface area contributed by atoms with Crippen LogP contribution in [0.2, 0.25) is 0 Å². The number of nitrogens with zero attached hydrogens (tertiary/aromatic N) is 1. The highest BCUT2D eigenvalue weighted by Crippen LogP contribution is 2.27. The number of likely N-dealkylation sites (N-methyl/N-ethyl adjacent to an activating group) is 1. The van der Waals surface area contributed by atoms with Gasteiger partial charge in [-0.25, -0.2) is 4.79 Å². The average molecular weight is 299 g/mol. The fourth-order valence-electron chi connectivity index (χ4n) is 2.48. The van der Waals surface area contributed by atoms with E-state index in [1.165, 1.54) is 4.90 Å². The van der Waals surface area contributed by atoms with Gasteiger partial charge < -0.3 is 15.1 Å². The number of hydrogen-bond acceptors (Lipinski definition) is 3. The van der Waals surface area contributed by atoms with E-state index in [2.05, 4.69) is 0 Å². The van der Waals surface area contributed by atoms with E-state index in [1.807, 2.05) is 6.07 Å². The third-order valence-corrected chi connectivity index (χ3v) is 3.57. The number of carboxylic acids is 2. The molecule has 0 saturated carbocycles. The third-order valence-electron chi connectivity index (χ3n) is 3.57. The predicted molar refractivity (Wildman–Crippen MR) is 83.1 cm³/mol. The zero-order valence-electron chi connectivity index (χ0n) is 12.1. The summed E-state index contributed by atoms with van der Waals surface area (Å²) in [6, 6.07) is 16.1. The van der Waals surface area contributed by atoms with Crippen molar-refractivity contribution in [3.63, 3.8) is 0 Å². The zero-order valence-corrected chi connectivity index (χ0v) is 12.1. The van der Waals surface area contributed by atoms with Crippen molar-refractivity contribution in [1.82, 2.24) is 0 Å². The van der Waals surface area contributed by atoms with E-state index in [0.29, 0.717) is 11.3 Å². The van der Waals surface area contributed by atoms with Crippen molar-refractivity contribution >= 4 is 17.6 Å². The van der Waals surface area contributed by atoms with E-state index >= 15 is 0 Å². The van der Waals surface area contributed by atoms with Gasteiger partial charge in [-0.3, -0.25) is 4.79 Å². The summed E-state index contributed by atoms with van der Waals surface area (Å²) in [6.45, 7) is 0. The van der Waals surface area contributed by atoms with Gasteiger partial charge in [-0.15, -0.1) is 0 Å². The molecule has 114 valence electrons. The van der Waals surface area contributed by atoms with Crippen LogP contribution in [0.15, 0.2) is 60.7 Å². The summed E-state index contributed by atoms with van der Waals surface area (Å²) >= 11 is 0. The minimum Gasteiger partial charge on any atom is -0.481 e. The number of hydrogen-bond donors (Lipinski definition) is 2. The number of rotatable bonds is 6. The van der Waals surface area contributed by atoms with Gasteiger partial charge in [0.15, 0.2) is 0 Å². The predicted octanol–water partition coefficient (Wildman–Crippen LogP) is 2.44. The lowest BCUT2D eigenvalue weighted by Crippen LogP contribution is -2.46. The molecule has 0 saturated heterocycles. The van der Waals surface area contributed by atoms with Crippen LogP contribution in [0.1, 0.15) is 11.5 Å². The molecule has 2 rings (SSSR count). The van der Waals surface area contributed by atoms with E-state index in [1.54, 1.807) is 61.6 Å². The molecular weight excluding hydrogens is 282 g/mol. The SMILES string of the molecule is CN(c1ccccc1)C(C(=O)O)C(C(=O)O)c1ccccc1. The van der Waals surface area contributed by atoms with E-state index in [4.69, 9.17) is 0 Å². The molecule has 2 N–H and O–H groups in total. The topological polar surface area (TPSA) is 77.8 Å². The van der Waals surface area contributed by atoms with Crippen LogP contribution < -0.4 is 4.90 Å². The molecule has 22 heavy (non-hydrogen) atoms. The Hall–Kier alpha value is -2.82. The minimum atomic E-state index is -1.21. The number of para-hydroxylation sites is 1. The fraction of sp³-hybridized carbons (Fsp3) is 0.176. The number of carbonyl (C=O) groups is 2. The summed E-state index contributed by atoms with van der Waals surface area (Å²) in [5, 5.41) is 19.1. The van der Waals surface area contributed by atoms with E-state index in [0.717, 1.165) is 0 Å². The first-order valence-electron chi connectivity index (χ1n) is 6.81. The van der Waals surface area contributed by atoms with Crippen LogP contribution >= 0.6 is 0 Å². The first-order chi connectivity index (χ1) is 10.5. The van der Waals surface area contributed by atoms with Crippen LogP contribution in [0.4, 0.5) is 5.69 Å². The first kappa shape index (κ1) is 15.6. The molecule has 0 aromatic heterocycles. The summed E-state index contributed by atoms with van der Waals surface area (Å²) in [4.78, 5) is 24.9. The second kappa shape index (κ2) is 6.76. The Balaban J connectivity index is 2.45. The van der Waals surface area contributed by atoms with Crippen molar-refractivity contribution in [2.75, 3.05) is 11.9 Å². The Labute approximate surface area is 128 Å². The van der Waals surface area contributed by atoms with Gasteiger partial charge in [0.1, 0.15) is 12.0 Å². The summed E-state index contributed by atoms with van der Waals surface area (Å²) in [6.07, 6.45) is 0. The van der Waals surface area contributed by atoms with Crippen LogP contribution in [-0.2, 0) is 9.59 Å². The molecule has 0 bridgehead atoms. The van der Waals surface area contributed by atoms with Crippen molar-refractivity contribution in [2.24, 2.45) is 0 Å². The molecule has 5 nitrogen and oxygen atoms in total. The molecule has 0 heterocycles. The highest BCUT2D eigenvalue weighted by Gasteiger charge is 2.38. The van der Waals surface area contributed by atoms with Crippen LogP contribution in [0.3, 0.4) is 0 Å². The quantitative estimate of drug-likeness (QED) is 0.856. The monoisotopic (exact) mass is 299 g/mol. The molecule has 0 amide bonds. The average Bonchev–Trinajstić information content (AvgIpc) is 2.52. The maximum atomic E-state index is 11.7. The zero-order chi connectivity index (χ0) is 16.1. The number of anilines is 1. The molecule has 0 spiro atoms. The van der Waals surface area contributed by atoms with E-state index in [-0.39, 0.29) is 0 Å². The Morgan fingerprint density at radius 1 is 0.864 bits per heavy atom. The van der Waals surface area contributed by atoms with Crippen molar-refractivity contribution in [3.05, 3.63) is 66.2 Å². The summed E-state index contributed by atoms with van der Waals surface area (Å²) in [7, 11) is 1.59. The van der Waals surface area contributed by atoms with Gasteiger partial charge in [0.2, 0.25) is 0 Å². The molecule has 2 unspecified atom stereocenters. The van der Waals surface area contributed by atoms with Gasteiger partial charge in [0.05, 0.1) is 0 Å². The van der Waals surface area contributed by atoms with Gasteiger partial charge in [0.25, 0.3) is 0 Å². The second-order valence-electron chi connectivity index (χ2n) is 4.96. The molecule has 2 aromatic rings. The van der Waals surface area contributed by atoms with Crippen LogP contribution in [0, 0.1) is 0 Å². The standard InChI is InChI=1S/C17H17NO4/c1-18(13-10-6-3-7-11-13)15(17(21)22)14(16(19)20)12-8-4-2-5-9-12/h2-11,14-15H,1H3,(H,19,20)(H,21,22). The van der Waals surface area contributed by atoms with Crippen molar-refractivity contribution in [3.8, 4) is 0 Å². The van der Waals surface area contributed by atoms with Crippen LogP contribution in [0.25, 0.3) is 0 Å². The smallest absolute Gasteiger partial charge is 0.327 e. The maximum Gasteiger partial charge on any atom is 0.327 e. The van der Waals surface area contributed by atoms with Gasteiger partial charge in [-0.05, 0) is 17.7 Å². The molecular formula is C17H17NO4. The summed E-state index contributed by atoms with van der Waals surface area (Å²) < 4.78 is 0. The molecule has 0 aliphatic rings. The number of carboxylic acid groups (broad SMARTS) is 2. The highest BCUT2D eigenvalue weighted by molar-refractivity contribution is 5.89. The lowest BCUT2D eigenvalue weighted by molar-refractivity contribution is -0.146. The Bertz CT molecular complexity index is 642. The summed E-state index contributed by atoms with van der Waals surface area (Å²) in [5.41, 5.74) is 1.11. The number of benzene rings is 2. The van der Waals surface area contributed by atoms with Crippen LogP contribution in [-0.4, -0.2) is 35.2 Å². The Morgan fingerprint density at radius 3 is 1.82 bits per heavy atom. The van der Waals surface area contributed by atoms with Crippen molar-refractivity contribution < 1.29 is 19.8 Å². The first-order valence-corrected chi connectivity index (χ1v) is 6.81. The molecule has 0 radical (unpaired) electrons. The maximum absolute atomic E-state index is 11.7. The fourth-order valence-corrected chi connectivity index (χ4v) is 2.48. The van der Waals surface area contributed by atoms with Gasteiger partial charge >= 0.3 is 11.9 Å². The lowest BCUT2D eigenvalue weighted by Gasteiger charge is -2.31. The van der Waals surface area contributed by atoms with Crippen molar-refractivity contribution in [2.45, 2.75) is 12.0 Å². The molecule has 0 aliphatic carbocycles. The second-order valence-corrected chi connectivity index (χ2v) is 4.96. The highest BCUT2D eigenvalue weighted by atomic mass is 16.4. The molecule has 5 heteroatoms. The van der Waals surface area contributed by atoms with Gasteiger partial charge in [0, 0.05) is 12.7 Å². The molecule has 0 aliphatic heterocycles. The normalized spacial score (nSPS) is 13.1.